The summed E-state index contributed by atoms with van der Waals surface area (Å²) in [4.78, 5) is 70.6. The molecule has 6 rings (SSSR count). The summed E-state index contributed by atoms with van der Waals surface area (Å²) in [5.74, 6) is -1.39. The summed E-state index contributed by atoms with van der Waals surface area (Å²) in [5, 5.41) is 4.57. The molecule has 13 heteroatoms. The van der Waals surface area contributed by atoms with E-state index in [2.05, 4.69) is 30.5 Å². The summed E-state index contributed by atoms with van der Waals surface area (Å²) in [6.07, 6.45) is 2.30. The van der Waals surface area contributed by atoms with Crippen LogP contribution in [0.3, 0.4) is 0 Å². The number of alkyl carbamates (subject to hydrolysis) is 1. The third-order valence-electron chi connectivity index (χ3n) is 11.5. The fraction of sp³-hybridized carbons (Fsp3) is 0.600. The monoisotopic (exact) mass is 750 g/mol. The first kappa shape index (κ1) is 38.8. The second kappa shape index (κ2) is 14.7. The standard InChI is InChI=1S/C40H55N4O8P/c1-7-28-21-40(28,53(49,50)30-17-9-8-10-18-30)42-34(45)32-20-29-23-44(32)35(46)33(38(2,3)4)41-36(47)51-25-39(5,6)19-12-11-14-26-15-13-16-27-22-43(24-31(26)27)37(48)52-29/h8-10,13,15-18,28-29,32-33H,7,11-12,14,19-25H2,1-6H3,(H,41,47)(H,42,45)(H,49,50)/t28-,29-,32+,33-,40+/m1/s1. The van der Waals surface area contributed by atoms with Crippen LogP contribution in [0.1, 0.15) is 96.8 Å². The van der Waals surface area contributed by atoms with Crippen LogP contribution in [0.4, 0.5) is 9.59 Å². The van der Waals surface area contributed by atoms with Gasteiger partial charge in [-0.05, 0) is 71.3 Å². The van der Waals surface area contributed by atoms with Crippen molar-refractivity contribution in [3.05, 3.63) is 65.2 Å². The average molecular weight is 751 g/mol. The molecule has 0 radical (unpaired) electrons. The molecule has 1 aliphatic carbocycles. The number of carbonyl (C=O) groups is 4. The van der Waals surface area contributed by atoms with Gasteiger partial charge in [-0.2, -0.15) is 0 Å². The summed E-state index contributed by atoms with van der Waals surface area (Å²) in [7, 11) is -4.12. The fourth-order valence-corrected chi connectivity index (χ4v) is 10.7. The van der Waals surface area contributed by atoms with Gasteiger partial charge in [0.05, 0.1) is 13.2 Å². The minimum absolute atomic E-state index is 0.0151. The number of nitrogens with one attached hydrogen (secondary N) is 2. The van der Waals surface area contributed by atoms with Crippen LogP contribution >= 0.6 is 7.37 Å². The highest BCUT2D eigenvalue weighted by Gasteiger charge is 2.66. The number of amides is 4. The lowest BCUT2D eigenvalue weighted by molar-refractivity contribution is -0.142. The zero-order chi connectivity index (χ0) is 38.3. The molecule has 53 heavy (non-hydrogen) atoms. The van der Waals surface area contributed by atoms with Crippen molar-refractivity contribution in [1.82, 2.24) is 20.4 Å². The maximum absolute atomic E-state index is 14.6. The summed E-state index contributed by atoms with van der Waals surface area (Å²) < 4.78 is 25.9. The SMILES string of the molecule is CC[C@@H]1C[C@]1(NC(=O)[C@@H]1C[C@@H]2CN1C(=O)[C@H](C(C)(C)C)NC(=O)OCC(C)(C)CCCCc1cccc3c1CN(C3)C(=O)O2)P(=O)(O)c1ccccc1. The van der Waals surface area contributed by atoms with E-state index < -0.39 is 60.3 Å². The molecular formula is C40H55N4O8P. The van der Waals surface area contributed by atoms with Crippen molar-refractivity contribution >= 4 is 36.7 Å². The lowest BCUT2D eigenvalue weighted by Crippen LogP contribution is -2.58. The highest BCUT2D eigenvalue weighted by atomic mass is 31.2. The molecule has 1 saturated heterocycles. The Kier molecular flexibility index (Phi) is 10.8. The summed E-state index contributed by atoms with van der Waals surface area (Å²) in [6.45, 7) is 12.3. The number of hydrogen-bond acceptors (Lipinski definition) is 7. The Balaban J connectivity index is 1.31. The average Bonchev–Trinajstić information content (AvgIpc) is 3.42. The molecule has 1 saturated carbocycles. The van der Waals surface area contributed by atoms with Gasteiger partial charge in [0.25, 0.3) is 7.37 Å². The van der Waals surface area contributed by atoms with Gasteiger partial charge < -0.3 is 29.9 Å². The normalized spacial score (nSPS) is 29.0. The highest BCUT2D eigenvalue weighted by Crippen LogP contribution is 2.69. The molecule has 6 atom stereocenters. The Labute approximate surface area is 312 Å². The van der Waals surface area contributed by atoms with E-state index in [1.807, 2.05) is 39.8 Å². The molecule has 288 valence electrons. The smallest absolute Gasteiger partial charge is 0.410 e. The summed E-state index contributed by atoms with van der Waals surface area (Å²) in [6, 6.07) is 12.2. The van der Waals surface area contributed by atoms with Crippen LogP contribution in [0.5, 0.6) is 0 Å². The van der Waals surface area contributed by atoms with E-state index in [4.69, 9.17) is 9.47 Å². The van der Waals surface area contributed by atoms with Crippen LogP contribution in [0.2, 0.25) is 0 Å². The molecule has 0 aromatic heterocycles. The van der Waals surface area contributed by atoms with Gasteiger partial charge in [0.1, 0.15) is 23.5 Å². The van der Waals surface area contributed by atoms with Gasteiger partial charge in [0.2, 0.25) is 11.8 Å². The number of benzene rings is 2. The second-order valence-electron chi connectivity index (χ2n) is 17.2. The van der Waals surface area contributed by atoms with Crippen molar-refractivity contribution < 1.29 is 38.1 Å². The number of ether oxygens (including phenoxy) is 2. The van der Waals surface area contributed by atoms with Gasteiger partial charge in [0.15, 0.2) is 0 Å². The molecular weight excluding hydrogens is 695 g/mol. The lowest BCUT2D eigenvalue weighted by atomic mass is 9.85. The number of fused-ring (bicyclic) bond motifs is 3. The van der Waals surface area contributed by atoms with Gasteiger partial charge in [-0.3, -0.25) is 19.1 Å². The molecule has 4 aliphatic rings. The van der Waals surface area contributed by atoms with E-state index in [9.17, 15) is 28.6 Å². The van der Waals surface area contributed by atoms with E-state index in [1.165, 1.54) is 10.5 Å². The van der Waals surface area contributed by atoms with Crippen LogP contribution < -0.4 is 15.9 Å². The predicted molar refractivity (Wildman–Crippen MR) is 200 cm³/mol. The van der Waals surface area contributed by atoms with Crippen LogP contribution in [0.15, 0.2) is 48.5 Å². The van der Waals surface area contributed by atoms with Crippen LogP contribution in [-0.2, 0) is 43.1 Å². The largest absolute Gasteiger partial charge is 0.449 e. The van der Waals surface area contributed by atoms with E-state index in [0.29, 0.717) is 25.9 Å². The Morgan fingerprint density at radius 1 is 1.04 bits per heavy atom. The first-order valence-corrected chi connectivity index (χ1v) is 20.6. The Bertz CT molecular complexity index is 1780. The molecule has 0 spiro atoms. The number of rotatable bonds is 5. The number of nitrogens with zero attached hydrogens (tertiary/aromatic N) is 2. The van der Waals surface area contributed by atoms with Crippen molar-refractivity contribution in [2.75, 3.05) is 13.2 Å². The topological polar surface area (TPSA) is 155 Å². The van der Waals surface area contributed by atoms with E-state index in [1.54, 1.807) is 35.2 Å². The maximum atomic E-state index is 14.6. The highest BCUT2D eigenvalue weighted by molar-refractivity contribution is 7.68. The van der Waals surface area contributed by atoms with Crippen molar-refractivity contribution in [2.45, 2.75) is 123 Å². The second-order valence-corrected chi connectivity index (χ2v) is 19.7. The van der Waals surface area contributed by atoms with Gasteiger partial charge in [-0.1, -0.05) is 90.8 Å². The molecule has 4 amide bonds. The van der Waals surface area contributed by atoms with Crippen molar-refractivity contribution in [1.29, 1.82) is 0 Å². The van der Waals surface area contributed by atoms with Crippen LogP contribution in [0.25, 0.3) is 0 Å². The summed E-state index contributed by atoms with van der Waals surface area (Å²) in [5.41, 5.74) is 2.30. The third-order valence-corrected chi connectivity index (χ3v) is 14.3. The number of carbonyl (C=O) groups excluding carboxylic acids is 4. The van der Waals surface area contributed by atoms with Gasteiger partial charge >= 0.3 is 12.2 Å². The van der Waals surface area contributed by atoms with Gasteiger partial charge in [-0.15, -0.1) is 0 Å². The molecule has 2 aromatic rings. The first-order valence-electron chi connectivity index (χ1n) is 19.0. The van der Waals surface area contributed by atoms with Gasteiger partial charge in [0, 0.05) is 24.8 Å². The number of cyclic esters (lactones) is 1. The molecule has 12 nitrogen and oxygen atoms in total. The van der Waals surface area contributed by atoms with E-state index >= 15 is 0 Å². The molecule has 2 aromatic carbocycles. The van der Waals surface area contributed by atoms with Crippen molar-refractivity contribution in [2.24, 2.45) is 16.7 Å². The quantitative estimate of drug-likeness (QED) is 0.322. The van der Waals surface area contributed by atoms with E-state index in [-0.39, 0.29) is 36.2 Å². The zero-order valence-corrected chi connectivity index (χ0v) is 32.7. The molecule has 4 bridgehead atoms. The minimum atomic E-state index is -4.12. The Morgan fingerprint density at radius 3 is 2.43 bits per heavy atom. The van der Waals surface area contributed by atoms with Crippen molar-refractivity contribution in [3.8, 4) is 0 Å². The third kappa shape index (κ3) is 8.00. The molecule has 3 heterocycles. The minimum Gasteiger partial charge on any atom is -0.449 e. The zero-order valence-electron chi connectivity index (χ0n) is 31.9. The first-order chi connectivity index (χ1) is 25.0. The molecule has 3 aliphatic heterocycles. The van der Waals surface area contributed by atoms with Gasteiger partial charge in [-0.25, -0.2) is 9.59 Å². The Morgan fingerprint density at radius 2 is 1.75 bits per heavy atom. The Hall–Kier alpha value is -3.89. The maximum Gasteiger partial charge on any atom is 0.410 e. The van der Waals surface area contributed by atoms with Crippen LogP contribution in [-0.4, -0.2) is 75.3 Å². The molecule has 3 N–H and O–H groups in total. The molecule has 2 fully saturated rings. The lowest BCUT2D eigenvalue weighted by Gasteiger charge is -2.36. The van der Waals surface area contributed by atoms with E-state index in [0.717, 1.165) is 36.8 Å². The van der Waals surface area contributed by atoms with Crippen LogP contribution in [0, 0.1) is 16.7 Å². The van der Waals surface area contributed by atoms with Crippen molar-refractivity contribution in [3.63, 3.8) is 0 Å². The molecule has 1 unspecified atom stereocenters. The summed E-state index contributed by atoms with van der Waals surface area (Å²) >= 11 is 0. The fourth-order valence-electron chi connectivity index (χ4n) is 8.23. The number of aryl methyl sites for hydroxylation is 1. The number of hydrogen-bond donors (Lipinski definition) is 3. The predicted octanol–water partition coefficient (Wildman–Crippen LogP) is 5.84.